The zero-order valence-corrected chi connectivity index (χ0v) is 30.7. The Balaban J connectivity index is 2.52. The van der Waals surface area contributed by atoms with Gasteiger partial charge in [0.15, 0.2) is 0 Å². The maximum Gasteiger partial charge on any atom is 0.325 e. The van der Waals surface area contributed by atoms with Crippen molar-refractivity contribution in [2.75, 3.05) is 20.8 Å². The van der Waals surface area contributed by atoms with Crippen LogP contribution in [-0.4, -0.2) is 43.8 Å². The van der Waals surface area contributed by atoms with Crippen LogP contribution in [0, 0.1) is 0 Å². The highest BCUT2D eigenvalue weighted by Gasteiger charge is 2.57. The van der Waals surface area contributed by atoms with E-state index >= 15 is 0 Å². The molecule has 1 unspecified atom stereocenters. The summed E-state index contributed by atoms with van der Waals surface area (Å²) in [5, 5.41) is 0. The second-order valence-corrected chi connectivity index (χ2v) is 16.7. The molecule has 1 aliphatic heterocycles. The van der Waals surface area contributed by atoms with Gasteiger partial charge in [-0.2, -0.15) is 0 Å². The largest absolute Gasteiger partial charge is 0.496 e. The van der Waals surface area contributed by atoms with E-state index in [1.54, 1.807) is 14.2 Å². The lowest BCUT2D eigenvalue weighted by Gasteiger charge is -2.34. The summed E-state index contributed by atoms with van der Waals surface area (Å²) in [6.07, 6.45) is 1.93. The van der Waals surface area contributed by atoms with Gasteiger partial charge in [0, 0.05) is 28.3 Å². The van der Waals surface area contributed by atoms with Crippen molar-refractivity contribution in [3.8, 4) is 11.5 Å². The molecule has 1 heterocycles. The fourth-order valence-electron chi connectivity index (χ4n) is 6.58. The third kappa shape index (κ3) is 7.30. The summed E-state index contributed by atoms with van der Waals surface area (Å²) in [5.41, 5.74) is 6.45. The Bertz CT molecular complexity index is 1180. The van der Waals surface area contributed by atoms with E-state index in [-0.39, 0.29) is 45.8 Å². The van der Waals surface area contributed by atoms with Crippen LogP contribution in [0.2, 0.25) is 0 Å². The molecule has 2 aromatic carbocycles. The number of nitrogens with zero attached hydrogens (tertiary/aromatic N) is 1. The molecule has 5 nitrogen and oxygen atoms in total. The van der Waals surface area contributed by atoms with Crippen molar-refractivity contribution in [3.63, 3.8) is 0 Å². The molecule has 0 saturated carbocycles. The quantitative estimate of drug-likeness (QED) is 0.210. The summed E-state index contributed by atoms with van der Waals surface area (Å²) in [6, 6.07) is 9.01. The topological polar surface area (TPSA) is 47.8 Å². The van der Waals surface area contributed by atoms with Crippen LogP contribution in [0.15, 0.2) is 24.3 Å². The van der Waals surface area contributed by atoms with Gasteiger partial charge in [0.1, 0.15) is 17.5 Å². The lowest BCUT2D eigenvalue weighted by Crippen LogP contribution is -2.25. The lowest BCUT2D eigenvalue weighted by atomic mass is 9.75. The van der Waals surface area contributed by atoms with Crippen LogP contribution in [0.4, 0.5) is 0 Å². The van der Waals surface area contributed by atoms with Crippen LogP contribution >= 0.6 is 0 Å². The van der Waals surface area contributed by atoms with Gasteiger partial charge in [-0.25, -0.2) is 0 Å². The van der Waals surface area contributed by atoms with E-state index in [9.17, 15) is 4.79 Å². The zero-order valence-electron chi connectivity index (χ0n) is 30.7. The number of methoxy groups -OCH3 is 2. The molecule has 1 aliphatic rings. The van der Waals surface area contributed by atoms with Gasteiger partial charge in [0.25, 0.3) is 0 Å². The molecule has 246 valence electrons. The third-order valence-corrected chi connectivity index (χ3v) is 8.88. The summed E-state index contributed by atoms with van der Waals surface area (Å²) in [4.78, 5) is 15.9. The fraction of sp³-hybridized carbons (Fsp3) is 0.667. The van der Waals surface area contributed by atoms with Gasteiger partial charge in [-0.05, 0) is 70.4 Å². The van der Waals surface area contributed by atoms with Crippen molar-refractivity contribution in [3.05, 3.63) is 57.6 Å². The number of esters is 1. The molecule has 44 heavy (non-hydrogen) atoms. The molecule has 0 amide bonds. The Morgan fingerprint density at radius 3 is 1.27 bits per heavy atom. The van der Waals surface area contributed by atoms with Gasteiger partial charge in [-0.15, -0.1) is 0 Å². The first-order chi connectivity index (χ1) is 20.1. The third-order valence-electron chi connectivity index (χ3n) is 8.88. The van der Waals surface area contributed by atoms with Crippen molar-refractivity contribution >= 4 is 5.97 Å². The number of carbonyl (C=O) groups is 1. The van der Waals surface area contributed by atoms with Gasteiger partial charge in [0.2, 0.25) is 0 Å². The molecular formula is C39H61NO4. The maximum absolute atomic E-state index is 13.5. The first kappa shape index (κ1) is 35.9. The minimum atomic E-state index is -0.281. The van der Waals surface area contributed by atoms with Crippen molar-refractivity contribution in [1.29, 1.82) is 0 Å². The van der Waals surface area contributed by atoms with Crippen molar-refractivity contribution in [2.24, 2.45) is 0 Å². The van der Waals surface area contributed by atoms with Crippen LogP contribution in [0.3, 0.4) is 0 Å². The van der Waals surface area contributed by atoms with E-state index < -0.39 is 0 Å². The molecular weight excluding hydrogens is 546 g/mol. The second kappa shape index (κ2) is 12.7. The summed E-state index contributed by atoms with van der Waals surface area (Å²) >= 11 is 0. The number of benzene rings is 2. The van der Waals surface area contributed by atoms with Crippen LogP contribution in [0.1, 0.15) is 149 Å². The molecule has 0 bridgehead atoms. The first-order valence-corrected chi connectivity index (χ1v) is 16.5. The number of rotatable bonds is 9. The number of hydrogen-bond donors (Lipinski definition) is 0. The van der Waals surface area contributed by atoms with E-state index in [2.05, 4.69) is 119 Å². The van der Waals surface area contributed by atoms with Crippen LogP contribution in [-0.2, 0) is 31.2 Å². The summed E-state index contributed by atoms with van der Waals surface area (Å²) in [7, 11) is 3.56. The molecule has 1 saturated heterocycles. The molecule has 0 N–H and O–H groups in total. The van der Waals surface area contributed by atoms with Gasteiger partial charge in [-0.3, -0.25) is 9.69 Å². The summed E-state index contributed by atoms with van der Waals surface area (Å²) in [5.74, 6) is 1.77. The average Bonchev–Trinajstić information content (AvgIpc) is 3.59. The van der Waals surface area contributed by atoms with Gasteiger partial charge in [0.05, 0.1) is 26.9 Å². The summed E-state index contributed by atoms with van der Waals surface area (Å²) in [6.45, 7) is 31.4. The van der Waals surface area contributed by atoms with Gasteiger partial charge >= 0.3 is 5.97 Å². The van der Waals surface area contributed by atoms with Crippen molar-refractivity contribution in [2.45, 2.75) is 150 Å². The first-order valence-electron chi connectivity index (χ1n) is 16.5. The van der Waals surface area contributed by atoms with Crippen LogP contribution in [0.25, 0.3) is 0 Å². The summed E-state index contributed by atoms with van der Waals surface area (Å²) < 4.78 is 18.0. The van der Waals surface area contributed by atoms with Crippen LogP contribution in [0.5, 0.6) is 11.5 Å². The fourth-order valence-corrected chi connectivity index (χ4v) is 6.58. The van der Waals surface area contributed by atoms with Crippen LogP contribution < -0.4 is 9.47 Å². The molecule has 5 heteroatoms. The highest BCUT2D eigenvalue weighted by Crippen LogP contribution is 2.51. The molecule has 0 aromatic heterocycles. The monoisotopic (exact) mass is 607 g/mol. The minimum absolute atomic E-state index is 0.112. The Morgan fingerprint density at radius 2 is 1.02 bits per heavy atom. The normalized spacial score (nSPS) is 19.2. The highest BCUT2D eigenvalue weighted by molar-refractivity contribution is 5.80. The maximum atomic E-state index is 13.5. The van der Waals surface area contributed by atoms with E-state index in [1.165, 1.54) is 33.4 Å². The Labute approximate surface area is 269 Å². The molecule has 3 atom stereocenters. The molecule has 0 radical (unpaired) electrons. The number of hydrogen-bond acceptors (Lipinski definition) is 5. The Morgan fingerprint density at radius 1 is 0.682 bits per heavy atom. The zero-order chi connectivity index (χ0) is 33.6. The SMILES string of the molecule is CCC[C@H]1[C@@H](C(=O)OCC)N1C(c1cc(C(C)(C)C)c(OC)c(C(C)(C)C)c1)c1cc(C(C)(C)C)c(OC)c(C(C)(C)C)c1. The predicted octanol–water partition coefficient (Wildman–Crippen LogP) is 9.40. The standard InChI is InChI=1S/C39H61NO4/c1-17-19-30-32(35(41)44-18-2)40(30)31(24-20-26(36(3,4)5)33(42-15)27(21-24)37(6,7)8)25-22-28(38(9,10)11)34(43-16)29(23-25)39(12,13)14/h20-23,30-32H,17-19H2,1-16H3/t30-,32-,40?/m0/s1. The number of carbonyl (C=O) groups excluding carboxylic acids is 1. The van der Waals surface area contributed by atoms with Gasteiger partial charge < -0.3 is 14.2 Å². The molecule has 0 aliphatic carbocycles. The predicted molar refractivity (Wildman–Crippen MR) is 184 cm³/mol. The average molecular weight is 608 g/mol. The highest BCUT2D eigenvalue weighted by atomic mass is 16.5. The van der Waals surface area contributed by atoms with Crippen molar-refractivity contribution < 1.29 is 19.0 Å². The Hall–Kier alpha value is -2.53. The molecule has 0 spiro atoms. The van der Waals surface area contributed by atoms with E-state index in [1.807, 2.05) is 6.92 Å². The second-order valence-electron chi connectivity index (χ2n) is 16.7. The Kier molecular flexibility index (Phi) is 10.4. The van der Waals surface area contributed by atoms with E-state index in [0.29, 0.717) is 6.61 Å². The lowest BCUT2D eigenvalue weighted by molar-refractivity contribution is -0.143. The van der Waals surface area contributed by atoms with E-state index in [0.717, 1.165) is 24.3 Å². The van der Waals surface area contributed by atoms with Gasteiger partial charge in [-0.1, -0.05) is 96.4 Å². The minimum Gasteiger partial charge on any atom is -0.496 e. The molecule has 2 aromatic rings. The van der Waals surface area contributed by atoms with Crippen molar-refractivity contribution in [1.82, 2.24) is 4.90 Å². The smallest absolute Gasteiger partial charge is 0.325 e. The molecule has 3 rings (SSSR count). The number of ether oxygens (including phenoxy) is 3. The molecule has 1 fully saturated rings. The van der Waals surface area contributed by atoms with E-state index in [4.69, 9.17) is 14.2 Å².